The fourth-order valence-electron chi connectivity index (χ4n) is 2.61. The fraction of sp³-hybridized carbons (Fsp3) is 0. The minimum Gasteiger partial charge on any atom is -0.322 e. The lowest BCUT2D eigenvalue weighted by molar-refractivity contribution is 0.102. The number of nitrogens with zero attached hydrogens (tertiary/aromatic N) is 3. The number of pyridine rings is 1. The molecular weight excluding hydrogens is 348 g/mol. The second kappa shape index (κ2) is 8.02. The summed E-state index contributed by atoms with van der Waals surface area (Å²) in [7, 11) is 0. The molecule has 28 heavy (non-hydrogen) atoms. The highest BCUT2D eigenvalue weighted by Gasteiger charge is 2.10. The van der Waals surface area contributed by atoms with Gasteiger partial charge in [-0.2, -0.15) is 5.10 Å². The smallest absolute Gasteiger partial charge is 0.258 e. The summed E-state index contributed by atoms with van der Waals surface area (Å²) < 4.78 is 1.67. The molecule has 0 atom stereocenters. The maximum absolute atomic E-state index is 12.5. The predicted octanol–water partition coefficient (Wildman–Crippen LogP) is 3.92. The van der Waals surface area contributed by atoms with Gasteiger partial charge < -0.3 is 5.32 Å². The normalized spacial score (nSPS) is 10.0. The average molecular weight is 364 g/mol. The summed E-state index contributed by atoms with van der Waals surface area (Å²) in [5.74, 6) is 5.84. The Morgan fingerprint density at radius 1 is 0.929 bits per heavy atom. The van der Waals surface area contributed by atoms with Crippen molar-refractivity contribution in [3.63, 3.8) is 0 Å². The van der Waals surface area contributed by atoms with E-state index in [9.17, 15) is 4.79 Å². The van der Waals surface area contributed by atoms with Crippen LogP contribution < -0.4 is 5.32 Å². The molecule has 5 heteroatoms. The second-order valence-corrected chi connectivity index (χ2v) is 6.01. The molecule has 0 bridgehead atoms. The molecule has 1 N–H and O–H groups in total. The van der Waals surface area contributed by atoms with E-state index in [4.69, 9.17) is 0 Å². The van der Waals surface area contributed by atoms with E-state index >= 15 is 0 Å². The van der Waals surface area contributed by atoms with Crippen LogP contribution in [-0.2, 0) is 0 Å². The van der Waals surface area contributed by atoms with Gasteiger partial charge in [-0.15, -0.1) is 0 Å². The molecule has 4 rings (SSSR count). The lowest BCUT2D eigenvalue weighted by atomic mass is 10.2. The minimum absolute atomic E-state index is 0.225. The molecule has 0 saturated carbocycles. The molecule has 0 unspecified atom stereocenters. The number of aromatic nitrogens is 3. The zero-order valence-corrected chi connectivity index (χ0v) is 14.9. The zero-order chi connectivity index (χ0) is 19.2. The summed E-state index contributed by atoms with van der Waals surface area (Å²) in [5, 5.41) is 7.14. The summed E-state index contributed by atoms with van der Waals surface area (Å²) in [4.78, 5) is 16.7. The number of nitrogens with one attached hydrogen (secondary N) is 1. The third-order valence-electron chi connectivity index (χ3n) is 3.99. The molecule has 2 heterocycles. The van der Waals surface area contributed by atoms with Crippen LogP contribution in [0.1, 0.15) is 21.6 Å². The molecule has 134 valence electrons. The quantitative estimate of drug-likeness (QED) is 0.561. The van der Waals surface area contributed by atoms with Gasteiger partial charge in [0, 0.05) is 23.6 Å². The van der Waals surface area contributed by atoms with Gasteiger partial charge in [0.05, 0.1) is 17.4 Å². The van der Waals surface area contributed by atoms with Crippen molar-refractivity contribution in [1.82, 2.24) is 14.8 Å². The van der Waals surface area contributed by atoms with Crippen molar-refractivity contribution in [3.05, 3.63) is 108 Å². The average Bonchev–Trinajstić information content (AvgIpc) is 3.25. The number of para-hydroxylation sites is 1. The van der Waals surface area contributed by atoms with E-state index in [0.29, 0.717) is 16.9 Å². The number of benzene rings is 2. The van der Waals surface area contributed by atoms with E-state index in [1.54, 1.807) is 23.3 Å². The van der Waals surface area contributed by atoms with Crippen molar-refractivity contribution in [3.8, 4) is 17.5 Å². The van der Waals surface area contributed by atoms with Crippen LogP contribution in [0.3, 0.4) is 0 Å². The van der Waals surface area contributed by atoms with Crippen molar-refractivity contribution < 1.29 is 4.79 Å². The Labute approximate surface area is 162 Å². The maximum atomic E-state index is 12.5. The Hall–Kier alpha value is -4.17. The van der Waals surface area contributed by atoms with Crippen LogP contribution in [0.5, 0.6) is 0 Å². The summed E-state index contributed by atoms with van der Waals surface area (Å²) in [6, 6.07) is 22.6. The third-order valence-corrected chi connectivity index (χ3v) is 3.99. The first kappa shape index (κ1) is 17.3. The van der Waals surface area contributed by atoms with Crippen LogP contribution in [0, 0.1) is 11.8 Å². The van der Waals surface area contributed by atoms with Crippen LogP contribution >= 0.6 is 0 Å². The first-order valence-corrected chi connectivity index (χ1v) is 8.72. The second-order valence-electron chi connectivity index (χ2n) is 6.01. The van der Waals surface area contributed by atoms with E-state index in [1.165, 1.54) is 0 Å². The molecule has 1 amide bonds. The van der Waals surface area contributed by atoms with Gasteiger partial charge in [-0.3, -0.25) is 4.79 Å². The lowest BCUT2D eigenvalue weighted by Crippen LogP contribution is -2.11. The standard InChI is InChI=1S/C23H16N4O/c28-23(19-16-25-27(17-19)22-10-2-1-3-11-22)26-21-9-6-7-18(15-21)12-13-20-8-4-5-14-24-20/h1-11,14-17H,(H,26,28). The Bertz CT molecular complexity index is 1160. The summed E-state index contributed by atoms with van der Waals surface area (Å²) in [6.45, 7) is 0. The monoisotopic (exact) mass is 364 g/mol. The van der Waals surface area contributed by atoms with Gasteiger partial charge in [0.1, 0.15) is 5.69 Å². The Balaban J connectivity index is 1.48. The van der Waals surface area contributed by atoms with Gasteiger partial charge in [-0.1, -0.05) is 36.3 Å². The molecule has 0 fully saturated rings. The maximum Gasteiger partial charge on any atom is 0.258 e. The fourth-order valence-corrected chi connectivity index (χ4v) is 2.61. The summed E-state index contributed by atoms with van der Waals surface area (Å²) in [5.41, 5.74) is 3.54. The van der Waals surface area contributed by atoms with E-state index in [1.807, 2.05) is 72.8 Å². The summed E-state index contributed by atoms with van der Waals surface area (Å²) in [6.07, 6.45) is 4.96. The number of anilines is 1. The highest BCUT2D eigenvalue weighted by Crippen LogP contribution is 2.13. The van der Waals surface area contributed by atoms with E-state index in [2.05, 4.69) is 27.2 Å². The number of amides is 1. The van der Waals surface area contributed by atoms with Crippen molar-refractivity contribution in [2.45, 2.75) is 0 Å². The number of rotatable bonds is 3. The van der Waals surface area contributed by atoms with Gasteiger partial charge in [0.2, 0.25) is 0 Å². The molecule has 0 radical (unpaired) electrons. The van der Waals surface area contributed by atoms with E-state index < -0.39 is 0 Å². The number of carbonyl (C=O) groups is 1. The Kier molecular flexibility index (Phi) is 4.94. The highest BCUT2D eigenvalue weighted by atomic mass is 16.1. The molecule has 2 aromatic heterocycles. The molecule has 0 aliphatic heterocycles. The lowest BCUT2D eigenvalue weighted by Gasteiger charge is -2.04. The van der Waals surface area contributed by atoms with Crippen LogP contribution in [0.2, 0.25) is 0 Å². The predicted molar refractivity (Wildman–Crippen MR) is 108 cm³/mol. The van der Waals surface area contributed by atoms with Crippen molar-refractivity contribution in [2.75, 3.05) is 5.32 Å². The van der Waals surface area contributed by atoms with Gasteiger partial charge in [-0.25, -0.2) is 9.67 Å². The number of hydrogen-bond donors (Lipinski definition) is 1. The summed E-state index contributed by atoms with van der Waals surface area (Å²) >= 11 is 0. The van der Waals surface area contributed by atoms with Crippen LogP contribution in [0.15, 0.2) is 91.4 Å². The molecule has 5 nitrogen and oxygen atoms in total. The molecule has 4 aromatic rings. The molecule has 2 aromatic carbocycles. The minimum atomic E-state index is -0.225. The third kappa shape index (κ3) is 4.14. The van der Waals surface area contributed by atoms with Gasteiger partial charge in [0.25, 0.3) is 5.91 Å². The first-order chi connectivity index (χ1) is 13.8. The first-order valence-electron chi connectivity index (χ1n) is 8.72. The molecule has 0 saturated heterocycles. The van der Waals surface area contributed by atoms with Crippen molar-refractivity contribution in [1.29, 1.82) is 0 Å². The van der Waals surface area contributed by atoms with Gasteiger partial charge in [-0.05, 0) is 48.4 Å². The molecule has 0 aliphatic rings. The highest BCUT2D eigenvalue weighted by molar-refractivity contribution is 6.04. The van der Waals surface area contributed by atoms with Crippen LogP contribution in [0.25, 0.3) is 5.69 Å². The van der Waals surface area contributed by atoms with Crippen molar-refractivity contribution in [2.24, 2.45) is 0 Å². The Morgan fingerprint density at radius 2 is 1.79 bits per heavy atom. The SMILES string of the molecule is O=C(Nc1cccc(C#Cc2ccccn2)c1)c1cnn(-c2ccccc2)c1. The van der Waals surface area contributed by atoms with E-state index in [-0.39, 0.29) is 5.91 Å². The zero-order valence-electron chi connectivity index (χ0n) is 14.9. The van der Waals surface area contributed by atoms with E-state index in [0.717, 1.165) is 11.3 Å². The van der Waals surface area contributed by atoms with Gasteiger partial charge in [0.15, 0.2) is 0 Å². The Morgan fingerprint density at radius 3 is 2.61 bits per heavy atom. The topological polar surface area (TPSA) is 59.8 Å². The molecular formula is C23H16N4O. The molecule has 0 spiro atoms. The van der Waals surface area contributed by atoms with Crippen LogP contribution in [-0.4, -0.2) is 20.7 Å². The number of carbonyl (C=O) groups excluding carboxylic acids is 1. The van der Waals surface area contributed by atoms with Crippen molar-refractivity contribution >= 4 is 11.6 Å². The largest absolute Gasteiger partial charge is 0.322 e. The molecule has 0 aliphatic carbocycles. The number of hydrogen-bond acceptors (Lipinski definition) is 3. The van der Waals surface area contributed by atoms with Crippen LogP contribution in [0.4, 0.5) is 5.69 Å². The van der Waals surface area contributed by atoms with Gasteiger partial charge >= 0.3 is 0 Å².